The van der Waals surface area contributed by atoms with Crippen molar-refractivity contribution in [3.63, 3.8) is 0 Å². The summed E-state index contributed by atoms with van der Waals surface area (Å²) >= 11 is 11.8. The van der Waals surface area contributed by atoms with Crippen LogP contribution in [0.15, 0.2) is 42.5 Å². The van der Waals surface area contributed by atoms with Gasteiger partial charge in [0, 0.05) is 11.6 Å². The molecule has 0 radical (unpaired) electrons. The molecule has 0 aliphatic rings. The normalized spacial score (nSPS) is 10.1. The molecule has 0 bridgehead atoms. The summed E-state index contributed by atoms with van der Waals surface area (Å²) in [5.74, 6) is 0.463. The Bertz CT molecular complexity index is 645. The molecule has 0 heterocycles. The molecule has 4 nitrogen and oxygen atoms in total. The summed E-state index contributed by atoms with van der Waals surface area (Å²) in [6.45, 7) is 2.48. The van der Waals surface area contributed by atoms with Gasteiger partial charge in [-0.15, -0.1) is 0 Å². The van der Waals surface area contributed by atoms with Crippen molar-refractivity contribution >= 4 is 29.2 Å². The predicted molar refractivity (Wildman–Crippen MR) is 88.5 cm³/mol. The van der Waals surface area contributed by atoms with Gasteiger partial charge in [-0.1, -0.05) is 53.0 Å². The molecular weight excluding hydrogens is 323 g/mol. The standard InChI is InChI=1S/C16H16Cl2N2O2/c1-11-2-4-12(5-3-11)9-19-16(21)20-10-22-15-7-6-13(17)8-14(15)18/h2-8H,9-10H2,1H3,(H2,19,20,21). The molecule has 0 atom stereocenters. The van der Waals surface area contributed by atoms with Crippen molar-refractivity contribution in [1.82, 2.24) is 10.6 Å². The van der Waals surface area contributed by atoms with Crippen molar-refractivity contribution in [2.75, 3.05) is 6.73 Å². The van der Waals surface area contributed by atoms with Crippen LogP contribution in [0.3, 0.4) is 0 Å². The number of aryl methyl sites for hydroxylation is 1. The molecule has 2 N–H and O–H groups in total. The maximum absolute atomic E-state index is 11.7. The Kier molecular flexibility index (Phi) is 5.92. The number of rotatable bonds is 5. The summed E-state index contributed by atoms with van der Waals surface area (Å²) in [6, 6.07) is 12.5. The SMILES string of the molecule is Cc1ccc(CNC(=O)NCOc2ccc(Cl)cc2Cl)cc1. The maximum Gasteiger partial charge on any atom is 0.317 e. The van der Waals surface area contributed by atoms with Gasteiger partial charge < -0.3 is 15.4 Å². The summed E-state index contributed by atoms with van der Waals surface area (Å²) in [7, 11) is 0. The highest BCUT2D eigenvalue weighted by atomic mass is 35.5. The lowest BCUT2D eigenvalue weighted by molar-refractivity contribution is 0.223. The van der Waals surface area contributed by atoms with Gasteiger partial charge in [-0.3, -0.25) is 0 Å². The molecule has 22 heavy (non-hydrogen) atoms. The van der Waals surface area contributed by atoms with Gasteiger partial charge in [0.05, 0.1) is 5.02 Å². The van der Waals surface area contributed by atoms with Crippen LogP contribution in [0.2, 0.25) is 10.0 Å². The van der Waals surface area contributed by atoms with E-state index in [0.29, 0.717) is 22.3 Å². The van der Waals surface area contributed by atoms with E-state index in [4.69, 9.17) is 27.9 Å². The van der Waals surface area contributed by atoms with Gasteiger partial charge in [-0.2, -0.15) is 0 Å². The monoisotopic (exact) mass is 338 g/mol. The molecule has 2 rings (SSSR count). The highest BCUT2D eigenvalue weighted by molar-refractivity contribution is 6.35. The molecule has 116 valence electrons. The van der Waals surface area contributed by atoms with Gasteiger partial charge in [0.15, 0.2) is 6.73 Å². The topological polar surface area (TPSA) is 50.4 Å². The van der Waals surface area contributed by atoms with E-state index in [2.05, 4.69) is 10.6 Å². The first-order chi connectivity index (χ1) is 10.5. The second kappa shape index (κ2) is 7.92. The van der Waals surface area contributed by atoms with Crippen LogP contribution in [0.4, 0.5) is 4.79 Å². The Morgan fingerprint density at radius 3 is 2.50 bits per heavy atom. The third-order valence-electron chi connectivity index (χ3n) is 2.93. The van der Waals surface area contributed by atoms with Crippen LogP contribution >= 0.6 is 23.2 Å². The number of halogens is 2. The zero-order valence-corrected chi connectivity index (χ0v) is 13.5. The number of urea groups is 1. The molecule has 0 aliphatic carbocycles. The van der Waals surface area contributed by atoms with Crippen molar-refractivity contribution in [2.24, 2.45) is 0 Å². The molecule has 2 aromatic rings. The number of carbonyl (C=O) groups is 1. The number of hydrogen-bond donors (Lipinski definition) is 2. The fourth-order valence-corrected chi connectivity index (χ4v) is 2.19. The summed E-state index contributed by atoms with van der Waals surface area (Å²) in [5, 5.41) is 6.26. The van der Waals surface area contributed by atoms with E-state index in [1.54, 1.807) is 18.2 Å². The van der Waals surface area contributed by atoms with E-state index < -0.39 is 0 Å². The maximum atomic E-state index is 11.7. The zero-order chi connectivity index (χ0) is 15.9. The molecule has 2 amide bonds. The average Bonchev–Trinajstić information content (AvgIpc) is 2.49. The van der Waals surface area contributed by atoms with Crippen molar-refractivity contribution < 1.29 is 9.53 Å². The van der Waals surface area contributed by atoms with Crippen LogP contribution in [-0.4, -0.2) is 12.8 Å². The molecule has 6 heteroatoms. The lowest BCUT2D eigenvalue weighted by Gasteiger charge is -2.10. The molecular formula is C16H16Cl2N2O2. The fourth-order valence-electron chi connectivity index (χ4n) is 1.72. The Labute approximate surface area is 139 Å². The van der Waals surface area contributed by atoms with Crippen LogP contribution in [-0.2, 0) is 6.54 Å². The third kappa shape index (κ3) is 5.13. The first-order valence-corrected chi connectivity index (χ1v) is 7.45. The van der Waals surface area contributed by atoms with Gasteiger partial charge in [0.1, 0.15) is 5.75 Å². The van der Waals surface area contributed by atoms with Crippen LogP contribution in [0.25, 0.3) is 0 Å². The fraction of sp³-hybridized carbons (Fsp3) is 0.188. The van der Waals surface area contributed by atoms with Crippen LogP contribution in [0, 0.1) is 6.92 Å². The van der Waals surface area contributed by atoms with Crippen molar-refractivity contribution in [3.05, 3.63) is 63.6 Å². The Hall–Kier alpha value is -1.91. The summed E-state index contributed by atoms with van der Waals surface area (Å²) < 4.78 is 5.37. The lowest BCUT2D eigenvalue weighted by atomic mass is 10.1. The summed E-state index contributed by atoms with van der Waals surface area (Å²) in [5.41, 5.74) is 2.21. The summed E-state index contributed by atoms with van der Waals surface area (Å²) in [6.07, 6.45) is 0. The van der Waals surface area contributed by atoms with Crippen molar-refractivity contribution in [1.29, 1.82) is 0 Å². The van der Waals surface area contributed by atoms with E-state index in [0.717, 1.165) is 5.56 Å². The van der Waals surface area contributed by atoms with Crippen molar-refractivity contribution in [2.45, 2.75) is 13.5 Å². The number of ether oxygens (including phenoxy) is 1. The quantitative estimate of drug-likeness (QED) is 0.805. The molecule has 0 fully saturated rings. The van der Waals surface area contributed by atoms with Crippen LogP contribution in [0.1, 0.15) is 11.1 Å². The number of hydrogen-bond acceptors (Lipinski definition) is 2. The minimum atomic E-state index is -0.314. The number of carbonyl (C=O) groups excluding carboxylic acids is 1. The second-order valence-electron chi connectivity index (χ2n) is 4.71. The zero-order valence-electron chi connectivity index (χ0n) is 12.0. The Balaban J connectivity index is 1.72. The lowest BCUT2D eigenvalue weighted by Crippen LogP contribution is -2.37. The second-order valence-corrected chi connectivity index (χ2v) is 5.55. The average molecular weight is 339 g/mol. The van der Waals surface area contributed by atoms with Gasteiger partial charge in [-0.05, 0) is 30.7 Å². The predicted octanol–water partition coefficient (Wildman–Crippen LogP) is 4.14. The number of benzene rings is 2. The van der Waals surface area contributed by atoms with E-state index in [1.165, 1.54) is 5.56 Å². The molecule has 2 aromatic carbocycles. The molecule has 0 aliphatic heterocycles. The highest BCUT2D eigenvalue weighted by Gasteiger charge is 2.04. The summed E-state index contributed by atoms with van der Waals surface area (Å²) in [4.78, 5) is 11.7. The smallest absolute Gasteiger partial charge is 0.317 e. The molecule has 0 saturated heterocycles. The number of nitrogens with one attached hydrogen (secondary N) is 2. The number of amides is 2. The van der Waals surface area contributed by atoms with Crippen LogP contribution < -0.4 is 15.4 Å². The largest absolute Gasteiger partial charge is 0.472 e. The molecule has 0 unspecified atom stereocenters. The first kappa shape index (κ1) is 16.5. The third-order valence-corrected chi connectivity index (χ3v) is 3.46. The van der Waals surface area contributed by atoms with Gasteiger partial charge in [0.2, 0.25) is 0 Å². The first-order valence-electron chi connectivity index (χ1n) is 6.69. The van der Waals surface area contributed by atoms with E-state index in [1.807, 2.05) is 31.2 Å². The van der Waals surface area contributed by atoms with Crippen LogP contribution in [0.5, 0.6) is 5.75 Å². The Morgan fingerprint density at radius 1 is 1.09 bits per heavy atom. The molecule has 0 aromatic heterocycles. The van der Waals surface area contributed by atoms with Gasteiger partial charge in [0.25, 0.3) is 0 Å². The Morgan fingerprint density at radius 2 is 1.82 bits per heavy atom. The van der Waals surface area contributed by atoms with E-state index in [-0.39, 0.29) is 12.8 Å². The van der Waals surface area contributed by atoms with Gasteiger partial charge >= 0.3 is 6.03 Å². The van der Waals surface area contributed by atoms with E-state index in [9.17, 15) is 4.79 Å². The van der Waals surface area contributed by atoms with Crippen molar-refractivity contribution in [3.8, 4) is 5.75 Å². The highest BCUT2D eigenvalue weighted by Crippen LogP contribution is 2.27. The minimum absolute atomic E-state index is 0.0150. The van der Waals surface area contributed by atoms with Gasteiger partial charge in [-0.25, -0.2) is 4.79 Å². The van der Waals surface area contributed by atoms with E-state index >= 15 is 0 Å². The molecule has 0 saturated carbocycles. The minimum Gasteiger partial charge on any atom is -0.472 e. The molecule has 0 spiro atoms.